The summed E-state index contributed by atoms with van der Waals surface area (Å²) in [6.07, 6.45) is 2.83. The van der Waals surface area contributed by atoms with Crippen LogP contribution in [0.15, 0.2) is 0 Å². The Labute approximate surface area is 123 Å². The number of nitrogens with two attached hydrogens (primary N) is 1. The minimum absolute atomic E-state index is 0.0984. The van der Waals surface area contributed by atoms with Gasteiger partial charge in [-0.3, -0.25) is 4.79 Å². The van der Waals surface area contributed by atoms with Crippen LogP contribution in [0.5, 0.6) is 0 Å². The van der Waals surface area contributed by atoms with Crippen LogP contribution in [0.4, 0.5) is 5.13 Å². The molecule has 0 unspecified atom stereocenters. The summed E-state index contributed by atoms with van der Waals surface area (Å²) in [5, 5.41) is 11.9. The van der Waals surface area contributed by atoms with Gasteiger partial charge in [-0.15, -0.1) is 10.2 Å². The maximum Gasteiger partial charge on any atom is 0.220 e. The molecule has 2 heterocycles. The molecule has 112 valence electrons. The third-order valence-corrected chi connectivity index (χ3v) is 4.77. The number of rotatable bonds is 5. The van der Waals surface area contributed by atoms with E-state index in [0.717, 1.165) is 37.5 Å². The molecule has 1 amide bonds. The minimum atomic E-state index is -0.118. The summed E-state index contributed by atoms with van der Waals surface area (Å²) in [5.74, 6) is 0.603. The molecular formula is C13H23N5OS. The number of anilines is 1. The molecule has 6 nitrogen and oxygen atoms in total. The fourth-order valence-electron chi connectivity index (χ4n) is 2.55. The zero-order valence-corrected chi connectivity index (χ0v) is 12.9. The van der Waals surface area contributed by atoms with Crippen LogP contribution >= 0.6 is 11.3 Å². The molecule has 0 radical (unpaired) electrons. The normalized spacial score (nSPS) is 18.9. The molecule has 1 atom stereocenters. The van der Waals surface area contributed by atoms with Crippen molar-refractivity contribution in [3.63, 3.8) is 0 Å². The van der Waals surface area contributed by atoms with Crippen molar-refractivity contribution in [1.82, 2.24) is 20.4 Å². The monoisotopic (exact) mass is 297 g/mol. The van der Waals surface area contributed by atoms with Crippen molar-refractivity contribution >= 4 is 22.4 Å². The summed E-state index contributed by atoms with van der Waals surface area (Å²) >= 11 is 1.32. The number of nitrogen functional groups attached to an aromatic ring is 1. The van der Waals surface area contributed by atoms with E-state index in [1.807, 2.05) is 6.92 Å². The summed E-state index contributed by atoms with van der Waals surface area (Å²) in [7, 11) is 0. The maximum absolute atomic E-state index is 12.1. The average Bonchev–Trinajstić information content (AvgIpc) is 2.86. The summed E-state index contributed by atoms with van der Waals surface area (Å²) in [6, 6.07) is -0.118. The molecule has 7 heteroatoms. The van der Waals surface area contributed by atoms with Crippen molar-refractivity contribution in [1.29, 1.82) is 0 Å². The molecule has 0 aromatic carbocycles. The fraction of sp³-hybridized carbons (Fsp3) is 0.769. The number of piperidine rings is 1. The molecule has 1 aromatic heterocycles. The molecule has 1 aromatic rings. The van der Waals surface area contributed by atoms with Gasteiger partial charge in [0, 0.05) is 6.42 Å². The lowest BCUT2D eigenvalue weighted by atomic mass is 9.93. The first-order valence-electron chi connectivity index (χ1n) is 7.19. The predicted octanol–water partition coefficient (Wildman–Crippen LogP) is 1.42. The van der Waals surface area contributed by atoms with Gasteiger partial charge in [0.2, 0.25) is 11.0 Å². The third-order valence-electron chi connectivity index (χ3n) is 3.83. The maximum atomic E-state index is 12.1. The molecule has 0 saturated carbocycles. The van der Waals surface area contributed by atoms with Crippen LogP contribution in [-0.2, 0) is 4.79 Å². The summed E-state index contributed by atoms with van der Waals surface area (Å²) < 4.78 is 0. The van der Waals surface area contributed by atoms with E-state index >= 15 is 0 Å². The highest BCUT2D eigenvalue weighted by molar-refractivity contribution is 7.15. The van der Waals surface area contributed by atoms with Gasteiger partial charge in [0.05, 0.1) is 6.04 Å². The lowest BCUT2D eigenvalue weighted by Crippen LogP contribution is -2.36. The second-order valence-electron chi connectivity index (χ2n) is 5.35. The number of hydrogen-bond donors (Lipinski definition) is 2. The average molecular weight is 297 g/mol. The number of likely N-dealkylation sites (tertiary alicyclic amines) is 1. The highest BCUT2D eigenvalue weighted by atomic mass is 32.1. The Morgan fingerprint density at radius 2 is 2.20 bits per heavy atom. The van der Waals surface area contributed by atoms with Gasteiger partial charge in [-0.05, 0) is 45.3 Å². The number of carbonyl (C=O) groups excluding carboxylic acids is 1. The van der Waals surface area contributed by atoms with Crippen molar-refractivity contribution in [3.8, 4) is 0 Å². The molecule has 0 bridgehead atoms. The number of nitrogens with one attached hydrogen (secondary N) is 1. The molecule has 0 spiro atoms. The summed E-state index contributed by atoms with van der Waals surface area (Å²) in [4.78, 5) is 14.5. The van der Waals surface area contributed by atoms with E-state index in [1.165, 1.54) is 11.3 Å². The Kier molecular flexibility index (Phi) is 5.31. The Morgan fingerprint density at radius 1 is 1.50 bits per heavy atom. The van der Waals surface area contributed by atoms with Crippen LogP contribution in [0.3, 0.4) is 0 Å². The van der Waals surface area contributed by atoms with Crippen LogP contribution in [0, 0.1) is 5.92 Å². The van der Waals surface area contributed by atoms with E-state index < -0.39 is 0 Å². The zero-order chi connectivity index (χ0) is 14.5. The third kappa shape index (κ3) is 4.14. The van der Waals surface area contributed by atoms with E-state index in [4.69, 9.17) is 5.73 Å². The first kappa shape index (κ1) is 15.2. The van der Waals surface area contributed by atoms with E-state index in [1.54, 1.807) is 0 Å². The van der Waals surface area contributed by atoms with Gasteiger partial charge in [-0.1, -0.05) is 18.3 Å². The van der Waals surface area contributed by atoms with Gasteiger partial charge in [0.1, 0.15) is 5.01 Å². The highest BCUT2D eigenvalue weighted by Gasteiger charge is 2.22. The van der Waals surface area contributed by atoms with Crippen molar-refractivity contribution in [2.24, 2.45) is 5.92 Å². The first-order chi connectivity index (χ1) is 9.58. The Hall–Kier alpha value is -1.21. The van der Waals surface area contributed by atoms with Crippen molar-refractivity contribution in [2.75, 3.05) is 25.4 Å². The summed E-state index contributed by atoms with van der Waals surface area (Å²) in [5.41, 5.74) is 5.55. The molecule has 1 aliphatic rings. The lowest BCUT2D eigenvalue weighted by molar-refractivity contribution is -0.123. The van der Waals surface area contributed by atoms with Crippen molar-refractivity contribution in [3.05, 3.63) is 5.01 Å². The molecule has 2 rings (SSSR count). The molecule has 1 saturated heterocycles. The number of nitrogens with zero attached hydrogens (tertiary/aromatic N) is 3. The Morgan fingerprint density at radius 3 is 2.75 bits per heavy atom. The second-order valence-corrected chi connectivity index (χ2v) is 6.39. The smallest absolute Gasteiger partial charge is 0.220 e. The van der Waals surface area contributed by atoms with Gasteiger partial charge in [0.15, 0.2) is 0 Å². The van der Waals surface area contributed by atoms with Gasteiger partial charge < -0.3 is 16.0 Å². The van der Waals surface area contributed by atoms with E-state index in [2.05, 4.69) is 27.3 Å². The van der Waals surface area contributed by atoms with Crippen molar-refractivity contribution in [2.45, 2.75) is 39.2 Å². The lowest BCUT2D eigenvalue weighted by Gasteiger charge is -2.30. The number of aromatic nitrogens is 2. The molecule has 0 aliphatic carbocycles. The fourth-order valence-corrected chi connectivity index (χ4v) is 3.17. The van der Waals surface area contributed by atoms with Crippen LogP contribution in [0.25, 0.3) is 0 Å². The van der Waals surface area contributed by atoms with E-state index in [0.29, 0.717) is 17.5 Å². The molecule has 20 heavy (non-hydrogen) atoms. The molecule has 3 N–H and O–H groups in total. The van der Waals surface area contributed by atoms with E-state index in [-0.39, 0.29) is 11.9 Å². The SMILES string of the molecule is CCN1CCC(CC(=O)N[C@@H](C)c2nnc(N)s2)CC1. The van der Waals surface area contributed by atoms with Gasteiger partial charge in [-0.25, -0.2) is 0 Å². The van der Waals surface area contributed by atoms with E-state index in [9.17, 15) is 4.79 Å². The van der Waals surface area contributed by atoms with Crippen LogP contribution < -0.4 is 11.1 Å². The van der Waals surface area contributed by atoms with Crippen LogP contribution in [0.1, 0.15) is 44.2 Å². The number of hydrogen-bond acceptors (Lipinski definition) is 6. The standard InChI is InChI=1S/C13H23N5OS/c1-3-18-6-4-10(5-7-18)8-11(19)15-9(2)12-16-17-13(14)20-12/h9-10H,3-8H2,1-2H3,(H2,14,17)(H,15,19)/t9-/m0/s1. The van der Waals surface area contributed by atoms with Gasteiger partial charge >= 0.3 is 0 Å². The number of carbonyl (C=O) groups is 1. The highest BCUT2D eigenvalue weighted by Crippen LogP contribution is 2.22. The van der Waals surface area contributed by atoms with Gasteiger partial charge in [-0.2, -0.15) is 0 Å². The topological polar surface area (TPSA) is 84.1 Å². The minimum Gasteiger partial charge on any atom is -0.374 e. The number of amides is 1. The largest absolute Gasteiger partial charge is 0.374 e. The second kappa shape index (κ2) is 6.99. The predicted molar refractivity (Wildman–Crippen MR) is 80.3 cm³/mol. The molecular weight excluding hydrogens is 274 g/mol. The summed E-state index contributed by atoms with van der Waals surface area (Å²) in [6.45, 7) is 7.42. The Bertz CT molecular complexity index is 442. The zero-order valence-electron chi connectivity index (χ0n) is 12.1. The van der Waals surface area contributed by atoms with Crippen molar-refractivity contribution < 1.29 is 4.79 Å². The molecule has 1 aliphatic heterocycles. The first-order valence-corrected chi connectivity index (χ1v) is 8.00. The van der Waals surface area contributed by atoms with Crippen LogP contribution in [0.2, 0.25) is 0 Å². The van der Waals surface area contributed by atoms with Gasteiger partial charge in [0.25, 0.3) is 0 Å². The Balaban J connectivity index is 1.75. The quantitative estimate of drug-likeness (QED) is 0.858. The van der Waals surface area contributed by atoms with Crippen LogP contribution in [-0.4, -0.2) is 40.6 Å². The molecule has 1 fully saturated rings.